The summed E-state index contributed by atoms with van der Waals surface area (Å²) in [7, 11) is 0. The van der Waals surface area contributed by atoms with Crippen molar-refractivity contribution in [3.63, 3.8) is 0 Å². The van der Waals surface area contributed by atoms with Gasteiger partial charge in [-0.15, -0.1) is 0 Å². The number of alkyl halides is 3. The first-order valence-electron chi connectivity index (χ1n) is 13.3. The maximum atomic E-state index is 13.5. The first kappa shape index (κ1) is 28.4. The molecule has 2 aromatic rings. The molecular weight excluding hydrogens is 548 g/mol. The van der Waals surface area contributed by atoms with E-state index in [9.17, 15) is 36.7 Å². The molecule has 0 saturated carbocycles. The van der Waals surface area contributed by atoms with Crippen molar-refractivity contribution in [1.82, 2.24) is 15.1 Å². The van der Waals surface area contributed by atoms with Crippen molar-refractivity contribution in [3.8, 4) is 5.75 Å². The number of ether oxygens (including phenoxy) is 1. The molecule has 5 rings (SSSR count). The minimum absolute atomic E-state index is 0.134. The van der Waals surface area contributed by atoms with Crippen molar-refractivity contribution in [1.29, 1.82) is 0 Å². The van der Waals surface area contributed by atoms with Gasteiger partial charge in [0, 0.05) is 36.3 Å². The smallest absolute Gasteiger partial charge is 0.419 e. The summed E-state index contributed by atoms with van der Waals surface area (Å²) < 4.78 is 58.4. The number of carbonyl (C=O) groups excluding carboxylic acids is 4. The third-order valence-electron chi connectivity index (χ3n) is 7.65. The van der Waals surface area contributed by atoms with Crippen LogP contribution < -0.4 is 15.4 Å². The van der Waals surface area contributed by atoms with Crippen LogP contribution in [0.15, 0.2) is 36.4 Å². The summed E-state index contributed by atoms with van der Waals surface area (Å²) in [6.45, 7) is 1.44. The Morgan fingerprint density at radius 1 is 1.12 bits per heavy atom. The van der Waals surface area contributed by atoms with Crippen molar-refractivity contribution < 1.29 is 41.5 Å². The molecule has 2 fully saturated rings. The zero-order valence-corrected chi connectivity index (χ0v) is 21.9. The number of anilines is 1. The number of amides is 5. The van der Waals surface area contributed by atoms with Gasteiger partial charge < -0.3 is 19.9 Å². The van der Waals surface area contributed by atoms with E-state index in [0.29, 0.717) is 55.1 Å². The summed E-state index contributed by atoms with van der Waals surface area (Å²) in [5.74, 6) is -1.78. The Balaban J connectivity index is 1.09. The van der Waals surface area contributed by atoms with E-state index in [0.717, 1.165) is 18.9 Å². The lowest BCUT2D eigenvalue weighted by molar-refractivity contribution is -0.140. The van der Waals surface area contributed by atoms with Crippen LogP contribution in [0.1, 0.15) is 53.6 Å². The maximum Gasteiger partial charge on any atom is 0.419 e. The van der Waals surface area contributed by atoms with Gasteiger partial charge in [0.1, 0.15) is 17.6 Å². The number of benzene rings is 2. The molecule has 3 heterocycles. The lowest BCUT2D eigenvalue weighted by Gasteiger charge is -2.29. The molecule has 0 bridgehead atoms. The summed E-state index contributed by atoms with van der Waals surface area (Å²) in [6.07, 6.45) is -2.29. The summed E-state index contributed by atoms with van der Waals surface area (Å²) in [5.41, 5.74) is -0.411. The molecule has 3 aliphatic rings. The number of halogens is 4. The number of nitrogens with zero attached hydrogens (tertiary/aromatic N) is 2. The Kier molecular flexibility index (Phi) is 7.87. The van der Waals surface area contributed by atoms with Gasteiger partial charge in [-0.3, -0.25) is 19.7 Å². The molecule has 218 valence electrons. The van der Waals surface area contributed by atoms with Crippen LogP contribution in [0.25, 0.3) is 0 Å². The van der Waals surface area contributed by atoms with Gasteiger partial charge in [0.2, 0.25) is 11.8 Å². The number of piperidine rings is 1. The molecule has 0 aromatic heterocycles. The van der Waals surface area contributed by atoms with Crippen molar-refractivity contribution >= 4 is 29.4 Å². The molecule has 41 heavy (non-hydrogen) atoms. The number of carbonyl (C=O) groups is 4. The molecular formula is C28H28F4N4O5. The Hall–Kier alpha value is -4.16. The van der Waals surface area contributed by atoms with Crippen molar-refractivity contribution in [2.45, 2.75) is 50.9 Å². The summed E-state index contributed by atoms with van der Waals surface area (Å²) >= 11 is 0. The fourth-order valence-electron chi connectivity index (χ4n) is 5.52. The predicted octanol–water partition coefficient (Wildman–Crippen LogP) is 4.32. The Labute approximate surface area is 232 Å². The predicted molar refractivity (Wildman–Crippen MR) is 137 cm³/mol. The second-order valence-electron chi connectivity index (χ2n) is 10.4. The molecule has 2 unspecified atom stereocenters. The van der Waals surface area contributed by atoms with Crippen LogP contribution in [0.2, 0.25) is 0 Å². The minimum Gasteiger partial charge on any atom is -0.493 e. The number of hydrogen-bond acceptors (Lipinski definition) is 5. The number of likely N-dealkylation sites (tertiary alicyclic amines) is 1. The largest absolute Gasteiger partial charge is 0.493 e. The van der Waals surface area contributed by atoms with Gasteiger partial charge >= 0.3 is 12.2 Å². The van der Waals surface area contributed by atoms with E-state index in [2.05, 4.69) is 10.6 Å². The minimum atomic E-state index is -4.87. The van der Waals surface area contributed by atoms with E-state index in [1.54, 1.807) is 18.2 Å². The van der Waals surface area contributed by atoms with Crippen LogP contribution in [-0.4, -0.2) is 59.3 Å². The molecule has 0 aliphatic carbocycles. The van der Waals surface area contributed by atoms with Gasteiger partial charge in [-0.05, 0) is 61.9 Å². The van der Waals surface area contributed by atoms with Gasteiger partial charge in [-0.1, -0.05) is 6.07 Å². The number of nitrogens with one attached hydrogen (secondary N) is 2. The Bertz CT molecular complexity index is 1380. The molecule has 5 amide bonds. The average Bonchev–Trinajstić information content (AvgIpc) is 3.52. The Morgan fingerprint density at radius 2 is 1.93 bits per heavy atom. The van der Waals surface area contributed by atoms with Crippen LogP contribution in [0, 0.1) is 11.7 Å². The summed E-state index contributed by atoms with van der Waals surface area (Å²) in [6, 6.07) is 6.25. The average molecular weight is 577 g/mol. The summed E-state index contributed by atoms with van der Waals surface area (Å²) in [4.78, 5) is 52.3. The monoisotopic (exact) mass is 576 g/mol. The van der Waals surface area contributed by atoms with E-state index >= 15 is 0 Å². The molecule has 2 atom stereocenters. The number of hydrogen-bond donors (Lipinski definition) is 2. The number of rotatable bonds is 7. The molecule has 3 aliphatic heterocycles. The SMILES string of the molecule is O=C1CCC(N2Cc3c(OCCCC4CCN(C(=O)Nc5ccc(F)c(C(F)(F)F)c5)C4)cccc3C2=O)C(=O)N1. The highest BCUT2D eigenvalue weighted by Gasteiger charge is 2.40. The molecule has 13 heteroatoms. The fourth-order valence-corrected chi connectivity index (χ4v) is 5.52. The van der Waals surface area contributed by atoms with Crippen LogP contribution in [-0.2, 0) is 22.3 Å². The highest BCUT2D eigenvalue weighted by atomic mass is 19.4. The van der Waals surface area contributed by atoms with Crippen molar-refractivity contribution in [3.05, 3.63) is 58.9 Å². The first-order chi connectivity index (χ1) is 19.5. The maximum absolute atomic E-state index is 13.5. The van der Waals surface area contributed by atoms with Crippen LogP contribution in [0.3, 0.4) is 0 Å². The number of fused-ring (bicyclic) bond motifs is 1. The quantitative estimate of drug-likeness (QED) is 0.290. The zero-order valence-electron chi connectivity index (χ0n) is 21.9. The van der Waals surface area contributed by atoms with E-state index in [1.165, 1.54) is 9.80 Å². The van der Waals surface area contributed by atoms with Gasteiger partial charge in [0.25, 0.3) is 5.91 Å². The highest BCUT2D eigenvalue weighted by molar-refractivity contribution is 6.05. The number of imide groups is 1. The molecule has 2 N–H and O–H groups in total. The van der Waals surface area contributed by atoms with E-state index in [-0.39, 0.29) is 42.8 Å². The van der Waals surface area contributed by atoms with Gasteiger partial charge in [-0.25, -0.2) is 9.18 Å². The molecule has 2 saturated heterocycles. The van der Waals surface area contributed by atoms with E-state index in [1.807, 2.05) is 0 Å². The second kappa shape index (κ2) is 11.4. The fraction of sp³-hybridized carbons (Fsp3) is 0.429. The number of urea groups is 1. The highest BCUT2D eigenvalue weighted by Crippen LogP contribution is 2.35. The standard InChI is InChI=1S/C28H28F4N4O5/c29-21-7-6-17(13-20(21)28(30,31)32)33-27(40)35-11-10-16(14-35)3-2-12-41-23-5-1-4-18-19(23)15-36(26(18)39)22-8-9-24(37)34-25(22)38/h1,4-7,13,16,22H,2-3,8-12,14-15H2,(H,33,40)(H,34,37,38). The third kappa shape index (κ3) is 6.13. The molecule has 9 nitrogen and oxygen atoms in total. The molecule has 0 spiro atoms. The second-order valence-corrected chi connectivity index (χ2v) is 10.4. The normalized spacial score (nSPS) is 20.7. The van der Waals surface area contributed by atoms with E-state index < -0.39 is 35.5 Å². The van der Waals surface area contributed by atoms with Crippen molar-refractivity contribution in [2.75, 3.05) is 25.0 Å². The lowest BCUT2D eigenvalue weighted by atomic mass is 10.0. The van der Waals surface area contributed by atoms with Crippen LogP contribution >= 0.6 is 0 Å². The van der Waals surface area contributed by atoms with Gasteiger partial charge in [-0.2, -0.15) is 13.2 Å². The van der Waals surface area contributed by atoms with Gasteiger partial charge in [0.05, 0.1) is 18.7 Å². The van der Waals surface area contributed by atoms with Crippen LogP contribution in [0.5, 0.6) is 5.75 Å². The van der Waals surface area contributed by atoms with Crippen LogP contribution in [0.4, 0.5) is 28.0 Å². The topological polar surface area (TPSA) is 108 Å². The third-order valence-corrected chi connectivity index (χ3v) is 7.65. The Morgan fingerprint density at radius 3 is 2.68 bits per heavy atom. The zero-order chi connectivity index (χ0) is 29.3. The molecule has 0 radical (unpaired) electrons. The molecule has 2 aromatic carbocycles. The van der Waals surface area contributed by atoms with Crippen molar-refractivity contribution in [2.24, 2.45) is 5.92 Å². The summed E-state index contributed by atoms with van der Waals surface area (Å²) in [5, 5.41) is 4.70. The van der Waals surface area contributed by atoms with E-state index in [4.69, 9.17) is 4.74 Å². The lowest BCUT2D eigenvalue weighted by Crippen LogP contribution is -2.52. The van der Waals surface area contributed by atoms with Gasteiger partial charge in [0.15, 0.2) is 0 Å². The first-order valence-corrected chi connectivity index (χ1v) is 13.3.